The SMILES string of the molecule is CC(C)C[C@H](NC(=O)c1ccc(Cl)cc1Cl)c1nnc(SCC(=O)Nc2cccc(C(=O)OC(C)C)c2)n1C. The summed E-state index contributed by atoms with van der Waals surface area (Å²) in [4.78, 5) is 37.7. The second-order valence-electron chi connectivity index (χ2n) is 9.55. The monoisotopic (exact) mass is 591 g/mol. The quantitative estimate of drug-likeness (QED) is 0.209. The molecule has 12 heteroatoms. The van der Waals surface area contributed by atoms with E-state index in [0.717, 1.165) is 0 Å². The molecular weight excluding hydrogens is 561 g/mol. The van der Waals surface area contributed by atoms with Gasteiger partial charge in [-0.3, -0.25) is 9.59 Å². The molecule has 1 heterocycles. The van der Waals surface area contributed by atoms with E-state index in [2.05, 4.69) is 20.8 Å². The molecule has 1 aromatic heterocycles. The zero-order chi connectivity index (χ0) is 28.7. The standard InChI is InChI=1S/C27H31Cl2N5O4S/c1-15(2)11-22(31-25(36)20-10-9-18(28)13-21(20)29)24-32-33-27(34(24)5)39-14-23(35)30-19-8-6-7-17(12-19)26(37)38-16(3)4/h6-10,12-13,15-16,22H,11,14H2,1-5H3,(H,30,35)(H,31,36)/t22-/m0/s1. The first-order valence-electron chi connectivity index (χ1n) is 12.3. The van der Waals surface area contributed by atoms with E-state index in [4.69, 9.17) is 27.9 Å². The molecule has 2 N–H and O–H groups in total. The summed E-state index contributed by atoms with van der Waals surface area (Å²) >= 11 is 13.4. The maximum Gasteiger partial charge on any atom is 0.338 e. The maximum atomic E-state index is 13.0. The third kappa shape index (κ3) is 8.71. The number of aromatic nitrogens is 3. The van der Waals surface area contributed by atoms with E-state index in [1.165, 1.54) is 17.8 Å². The fraction of sp³-hybridized carbons (Fsp3) is 0.370. The van der Waals surface area contributed by atoms with Crippen molar-refractivity contribution in [3.05, 3.63) is 69.5 Å². The molecule has 208 valence electrons. The van der Waals surface area contributed by atoms with Crippen LogP contribution in [-0.2, 0) is 16.6 Å². The van der Waals surface area contributed by atoms with Gasteiger partial charge in [-0.25, -0.2) is 4.79 Å². The van der Waals surface area contributed by atoms with Crippen LogP contribution in [0.1, 0.15) is 66.7 Å². The van der Waals surface area contributed by atoms with Crippen LogP contribution in [0.3, 0.4) is 0 Å². The summed E-state index contributed by atoms with van der Waals surface area (Å²) in [6.07, 6.45) is 0.371. The molecule has 0 aliphatic rings. The maximum absolute atomic E-state index is 13.0. The van der Waals surface area contributed by atoms with Crippen molar-refractivity contribution in [3.8, 4) is 0 Å². The van der Waals surface area contributed by atoms with E-state index < -0.39 is 12.0 Å². The van der Waals surface area contributed by atoms with Gasteiger partial charge in [0.25, 0.3) is 5.91 Å². The van der Waals surface area contributed by atoms with E-state index in [1.54, 1.807) is 61.9 Å². The Morgan fingerprint density at radius 1 is 1.05 bits per heavy atom. The number of hydrogen-bond donors (Lipinski definition) is 2. The molecule has 1 atom stereocenters. The summed E-state index contributed by atoms with van der Waals surface area (Å²) in [5, 5.41) is 15.5. The summed E-state index contributed by atoms with van der Waals surface area (Å²) in [7, 11) is 1.79. The molecule has 0 aliphatic heterocycles. The number of nitrogens with zero attached hydrogens (tertiary/aromatic N) is 3. The molecule has 39 heavy (non-hydrogen) atoms. The molecule has 2 amide bonds. The number of nitrogens with one attached hydrogen (secondary N) is 2. The van der Waals surface area contributed by atoms with Crippen molar-refractivity contribution in [3.63, 3.8) is 0 Å². The van der Waals surface area contributed by atoms with Gasteiger partial charge in [0.1, 0.15) is 0 Å². The van der Waals surface area contributed by atoms with Gasteiger partial charge in [0.15, 0.2) is 11.0 Å². The van der Waals surface area contributed by atoms with Crippen LogP contribution in [0.25, 0.3) is 0 Å². The second-order valence-corrected chi connectivity index (χ2v) is 11.3. The number of anilines is 1. The minimum Gasteiger partial charge on any atom is -0.459 e. The third-order valence-corrected chi connectivity index (χ3v) is 6.99. The van der Waals surface area contributed by atoms with Crippen molar-refractivity contribution in [2.24, 2.45) is 13.0 Å². The molecule has 0 spiro atoms. The van der Waals surface area contributed by atoms with Crippen LogP contribution in [-0.4, -0.2) is 44.4 Å². The molecule has 0 unspecified atom stereocenters. The van der Waals surface area contributed by atoms with Crippen LogP contribution in [0.5, 0.6) is 0 Å². The number of amides is 2. The van der Waals surface area contributed by atoms with Crippen molar-refractivity contribution in [1.29, 1.82) is 0 Å². The Balaban J connectivity index is 1.67. The highest BCUT2D eigenvalue weighted by atomic mass is 35.5. The van der Waals surface area contributed by atoms with Crippen LogP contribution in [0, 0.1) is 5.92 Å². The Morgan fingerprint density at radius 3 is 2.46 bits per heavy atom. The van der Waals surface area contributed by atoms with Crippen LogP contribution >= 0.6 is 35.0 Å². The van der Waals surface area contributed by atoms with Crippen LogP contribution in [0.4, 0.5) is 5.69 Å². The molecular formula is C27H31Cl2N5O4S. The van der Waals surface area contributed by atoms with Gasteiger partial charge in [0, 0.05) is 17.8 Å². The topological polar surface area (TPSA) is 115 Å². The number of carbonyl (C=O) groups excluding carboxylic acids is 3. The molecule has 9 nitrogen and oxygen atoms in total. The average Bonchev–Trinajstić information content (AvgIpc) is 3.21. The highest BCUT2D eigenvalue weighted by molar-refractivity contribution is 7.99. The molecule has 0 saturated carbocycles. The minimum absolute atomic E-state index is 0.0637. The van der Waals surface area contributed by atoms with Crippen molar-refractivity contribution in [2.45, 2.75) is 51.4 Å². The first kappa shape index (κ1) is 30.5. The van der Waals surface area contributed by atoms with E-state index in [1.807, 2.05) is 13.8 Å². The van der Waals surface area contributed by atoms with E-state index in [-0.39, 0.29) is 34.6 Å². The highest BCUT2D eigenvalue weighted by Crippen LogP contribution is 2.26. The van der Waals surface area contributed by atoms with Gasteiger partial charge in [-0.05, 0) is 62.6 Å². The van der Waals surface area contributed by atoms with E-state index in [9.17, 15) is 14.4 Å². The molecule has 0 radical (unpaired) electrons. The summed E-state index contributed by atoms with van der Waals surface area (Å²) < 4.78 is 6.97. The Kier molecular flexibility index (Phi) is 10.8. The molecule has 3 aromatic rings. The zero-order valence-electron chi connectivity index (χ0n) is 22.3. The summed E-state index contributed by atoms with van der Waals surface area (Å²) in [6.45, 7) is 7.63. The highest BCUT2D eigenvalue weighted by Gasteiger charge is 2.24. The van der Waals surface area contributed by atoms with Gasteiger partial charge >= 0.3 is 5.97 Å². The predicted octanol–water partition coefficient (Wildman–Crippen LogP) is 5.94. The average molecular weight is 593 g/mol. The largest absolute Gasteiger partial charge is 0.459 e. The van der Waals surface area contributed by atoms with Gasteiger partial charge in [-0.1, -0.05) is 54.9 Å². The number of ether oxygens (including phenoxy) is 1. The van der Waals surface area contributed by atoms with Gasteiger partial charge in [0.2, 0.25) is 5.91 Å². The molecule has 0 fully saturated rings. The van der Waals surface area contributed by atoms with Gasteiger partial charge in [-0.2, -0.15) is 0 Å². The fourth-order valence-corrected chi connectivity index (χ4v) is 4.91. The number of hydrogen-bond acceptors (Lipinski definition) is 7. The molecule has 2 aromatic carbocycles. The molecule has 0 bridgehead atoms. The molecule has 0 aliphatic carbocycles. The number of benzene rings is 2. The number of thioether (sulfide) groups is 1. The van der Waals surface area contributed by atoms with Crippen molar-refractivity contribution >= 4 is 58.4 Å². The lowest BCUT2D eigenvalue weighted by Gasteiger charge is -2.20. The lowest BCUT2D eigenvalue weighted by molar-refractivity contribution is -0.113. The lowest BCUT2D eigenvalue weighted by atomic mass is 10.0. The van der Waals surface area contributed by atoms with Gasteiger partial charge in [-0.15, -0.1) is 10.2 Å². The second kappa shape index (κ2) is 13.8. The Hall–Kier alpha value is -3.08. The Labute approximate surface area is 242 Å². The van der Waals surface area contributed by atoms with Crippen molar-refractivity contribution in [2.75, 3.05) is 11.1 Å². The summed E-state index contributed by atoms with van der Waals surface area (Å²) in [6, 6.07) is 10.8. The summed E-state index contributed by atoms with van der Waals surface area (Å²) in [5.41, 5.74) is 1.15. The van der Waals surface area contributed by atoms with Crippen molar-refractivity contribution in [1.82, 2.24) is 20.1 Å². The van der Waals surface area contributed by atoms with Crippen LogP contribution in [0.15, 0.2) is 47.6 Å². The lowest BCUT2D eigenvalue weighted by Crippen LogP contribution is -2.31. The number of carbonyl (C=O) groups is 3. The number of halogens is 2. The predicted molar refractivity (Wildman–Crippen MR) is 153 cm³/mol. The van der Waals surface area contributed by atoms with Crippen molar-refractivity contribution < 1.29 is 19.1 Å². The number of rotatable bonds is 11. The Morgan fingerprint density at radius 2 is 1.79 bits per heavy atom. The van der Waals surface area contributed by atoms with Gasteiger partial charge in [0.05, 0.1) is 34.0 Å². The minimum atomic E-state index is -0.455. The van der Waals surface area contributed by atoms with E-state index in [0.29, 0.717) is 39.2 Å². The molecule has 0 saturated heterocycles. The third-order valence-electron chi connectivity index (χ3n) is 5.43. The van der Waals surface area contributed by atoms with Crippen LogP contribution < -0.4 is 10.6 Å². The van der Waals surface area contributed by atoms with Gasteiger partial charge < -0.3 is 19.9 Å². The van der Waals surface area contributed by atoms with Crippen LogP contribution in [0.2, 0.25) is 10.0 Å². The molecule has 3 rings (SSSR count). The number of esters is 1. The Bertz CT molecular complexity index is 1350. The zero-order valence-corrected chi connectivity index (χ0v) is 24.7. The smallest absolute Gasteiger partial charge is 0.338 e. The first-order chi connectivity index (χ1) is 18.4. The summed E-state index contributed by atoms with van der Waals surface area (Å²) in [5.74, 6) is -0.205. The normalized spacial score (nSPS) is 11.9. The van der Waals surface area contributed by atoms with E-state index >= 15 is 0 Å². The first-order valence-corrected chi connectivity index (χ1v) is 14.1. The fourth-order valence-electron chi connectivity index (χ4n) is 3.70.